The molecular weight excluding hydrogens is 357 g/mol. The minimum atomic E-state index is -0.213. The van der Waals surface area contributed by atoms with Crippen LogP contribution in [0.1, 0.15) is 5.56 Å². The minimum absolute atomic E-state index is 0.0183. The van der Waals surface area contributed by atoms with Gasteiger partial charge in [-0.1, -0.05) is 30.3 Å². The Bertz CT molecular complexity index is 625. The quantitative estimate of drug-likeness (QED) is 0.823. The third kappa shape index (κ3) is 3.88. The molecule has 0 saturated heterocycles. The van der Waals surface area contributed by atoms with Gasteiger partial charge in [-0.15, -0.1) is 0 Å². The zero-order valence-electron chi connectivity index (χ0n) is 10.0. The molecule has 6 heteroatoms. The van der Waals surface area contributed by atoms with Crippen LogP contribution in [0.15, 0.2) is 47.7 Å². The third-order valence-electron chi connectivity index (χ3n) is 2.51. The molecule has 0 aliphatic rings. The second-order valence-corrected chi connectivity index (χ2v) is 5.10. The molecule has 1 aromatic carbocycles. The summed E-state index contributed by atoms with van der Waals surface area (Å²) >= 11 is 1.90. The normalized spacial score (nSPS) is 10.2. The van der Waals surface area contributed by atoms with Crippen LogP contribution in [0.5, 0.6) is 0 Å². The highest BCUT2D eigenvalue weighted by Crippen LogP contribution is 1.97. The van der Waals surface area contributed by atoms with E-state index in [4.69, 9.17) is 0 Å². The van der Waals surface area contributed by atoms with E-state index < -0.39 is 0 Å². The number of nitrogens with one attached hydrogen (secondary N) is 1. The van der Waals surface area contributed by atoms with Crippen molar-refractivity contribution in [2.45, 2.75) is 13.1 Å². The lowest BCUT2D eigenvalue weighted by molar-refractivity contribution is -0.121. The summed E-state index contributed by atoms with van der Waals surface area (Å²) in [6.07, 6.45) is 2.84. The van der Waals surface area contributed by atoms with Crippen LogP contribution in [0, 0.1) is 3.57 Å². The van der Waals surface area contributed by atoms with E-state index >= 15 is 0 Å². The Hall–Kier alpha value is -1.70. The maximum absolute atomic E-state index is 11.7. The Kier molecular flexibility index (Phi) is 4.67. The number of rotatable bonds is 4. The fourth-order valence-electron chi connectivity index (χ4n) is 1.54. The smallest absolute Gasteiger partial charge is 0.267 e. The lowest BCUT2D eigenvalue weighted by Crippen LogP contribution is -2.32. The van der Waals surface area contributed by atoms with Crippen molar-refractivity contribution in [3.05, 3.63) is 62.3 Å². The van der Waals surface area contributed by atoms with Gasteiger partial charge in [-0.2, -0.15) is 0 Å². The summed E-state index contributed by atoms with van der Waals surface area (Å²) in [5.74, 6) is -0.213. The summed E-state index contributed by atoms with van der Waals surface area (Å²) in [4.78, 5) is 27.4. The van der Waals surface area contributed by atoms with Crippen LogP contribution in [-0.2, 0) is 17.9 Å². The first-order valence-electron chi connectivity index (χ1n) is 5.67. The van der Waals surface area contributed by atoms with E-state index in [0.29, 0.717) is 10.1 Å². The van der Waals surface area contributed by atoms with Gasteiger partial charge in [0.25, 0.3) is 5.56 Å². The van der Waals surface area contributed by atoms with Crippen LogP contribution in [0.3, 0.4) is 0 Å². The molecule has 1 heterocycles. The topological polar surface area (TPSA) is 64.0 Å². The number of hydrogen-bond acceptors (Lipinski definition) is 3. The number of benzene rings is 1. The largest absolute Gasteiger partial charge is 0.350 e. The first-order chi connectivity index (χ1) is 9.16. The Morgan fingerprint density at radius 3 is 2.79 bits per heavy atom. The fraction of sp³-hybridized carbons (Fsp3) is 0.154. The van der Waals surface area contributed by atoms with Gasteiger partial charge in [0, 0.05) is 12.7 Å². The minimum Gasteiger partial charge on any atom is -0.350 e. The molecule has 0 bridgehead atoms. The summed E-state index contributed by atoms with van der Waals surface area (Å²) in [6.45, 7) is 0.432. The molecule has 0 aliphatic heterocycles. The fourth-order valence-corrected chi connectivity index (χ4v) is 2.01. The summed E-state index contributed by atoms with van der Waals surface area (Å²) in [7, 11) is 0. The molecule has 0 atom stereocenters. The van der Waals surface area contributed by atoms with Crippen molar-refractivity contribution in [2.24, 2.45) is 0 Å². The van der Waals surface area contributed by atoms with E-state index in [-0.39, 0.29) is 18.0 Å². The lowest BCUT2D eigenvalue weighted by atomic mass is 10.2. The number of hydrogen-bond donors (Lipinski definition) is 1. The highest BCUT2D eigenvalue weighted by atomic mass is 127. The van der Waals surface area contributed by atoms with Gasteiger partial charge in [-0.3, -0.25) is 14.2 Å². The van der Waals surface area contributed by atoms with Crippen molar-refractivity contribution < 1.29 is 4.79 Å². The molecular formula is C13H12IN3O2. The highest BCUT2D eigenvalue weighted by molar-refractivity contribution is 14.1. The van der Waals surface area contributed by atoms with E-state index in [0.717, 1.165) is 5.56 Å². The maximum atomic E-state index is 11.7. The molecule has 0 spiro atoms. The van der Waals surface area contributed by atoms with Gasteiger partial charge in [0.2, 0.25) is 5.91 Å². The predicted octanol–water partition coefficient (Wildman–Crippen LogP) is 1.16. The molecule has 0 saturated carbocycles. The zero-order chi connectivity index (χ0) is 13.7. The Labute approximate surface area is 123 Å². The van der Waals surface area contributed by atoms with E-state index in [1.807, 2.05) is 52.9 Å². The summed E-state index contributed by atoms with van der Waals surface area (Å²) in [5.41, 5.74) is 0.814. The number of nitrogens with zero attached hydrogens (tertiary/aromatic N) is 2. The van der Waals surface area contributed by atoms with Crippen LogP contribution < -0.4 is 10.9 Å². The Morgan fingerprint density at radius 1 is 1.32 bits per heavy atom. The van der Waals surface area contributed by atoms with Gasteiger partial charge >= 0.3 is 0 Å². The number of amides is 1. The van der Waals surface area contributed by atoms with Crippen molar-refractivity contribution >= 4 is 28.5 Å². The molecule has 1 N–H and O–H groups in total. The van der Waals surface area contributed by atoms with E-state index in [9.17, 15) is 9.59 Å². The number of carbonyl (C=O) groups excluding carboxylic acids is 1. The standard InChI is InChI=1S/C13H12IN3O2/c14-11-7-15-9-17(13(11)19)8-12(18)16-6-10-4-2-1-3-5-10/h1-5,7,9H,6,8H2,(H,16,18). The monoisotopic (exact) mass is 369 g/mol. The van der Waals surface area contributed by atoms with Gasteiger partial charge < -0.3 is 5.32 Å². The van der Waals surface area contributed by atoms with Crippen LogP contribution in [0.4, 0.5) is 0 Å². The van der Waals surface area contributed by atoms with Crippen LogP contribution in [-0.4, -0.2) is 15.5 Å². The van der Waals surface area contributed by atoms with E-state index in [2.05, 4.69) is 10.3 Å². The molecule has 98 valence electrons. The highest BCUT2D eigenvalue weighted by Gasteiger charge is 2.06. The Balaban J connectivity index is 1.95. The molecule has 1 aromatic heterocycles. The molecule has 0 unspecified atom stereocenters. The third-order valence-corrected chi connectivity index (χ3v) is 3.25. The SMILES string of the molecule is O=C(Cn1cncc(I)c1=O)NCc1ccccc1. The number of carbonyl (C=O) groups is 1. The van der Waals surface area contributed by atoms with Crippen LogP contribution in [0.2, 0.25) is 0 Å². The summed E-state index contributed by atoms with van der Waals surface area (Å²) < 4.78 is 1.79. The average Bonchev–Trinajstić information content (AvgIpc) is 2.43. The molecule has 0 aliphatic carbocycles. The molecule has 2 aromatic rings. The molecule has 0 radical (unpaired) electrons. The van der Waals surface area contributed by atoms with E-state index in [1.165, 1.54) is 17.1 Å². The second kappa shape index (κ2) is 6.46. The van der Waals surface area contributed by atoms with Crippen molar-refractivity contribution in [2.75, 3.05) is 0 Å². The average molecular weight is 369 g/mol. The van der Waals surface area contributed by atoms with Crippen LogP contribution in [0.25, 0.3) is 0 Å². The van der Waals surface area contributed by atoms with E-state index in [1.54, 1.807) is 0 Å². The second-order valence-electron chi connectivity index (χ2n) is 3.94. The maximum Gasteiger partial charge on any atom is 0.267 e. The summed E-state index contributed by atoms with van der Waals surface area (Å²) in [5, 5.41) is 2.77. The van der Waals surface area contributed by atoms with Crippen molar-refractivity contribution in [1.82, 2.24) is 14.9 Å². The van der Waals surface area contributed by atoms with Crippen molar-refractivity contribution in [1.29, 1.82) is 0 Å². The van der Waals surface area contributed by atoms with Crippen LogP contribution >= 0.6 is 22.6 Å². The first-order valence-corrected chi connectivity index (χ1v) is 6.75. The van der Waals surface area contributed by atoms with Gasteiger partial charge in [0.05, 0.1) is 9.90 Å². The molecule has 0 fully saturated rings. The van der Waals surface area contributed by atoms with Gasteiger partial charge in [-0.05, 0) is 28.2 Å². The molecule has 1 amide bonds. The molecule has 19 heavy (non-hydrogen) atoms. The summed E-state index contributed by atoms with van der Waals surface area (Å²) in [6, 6.07) is 9.60. The molecule has 2 rings (SSSR count). The number of halogens is 1. The predicted molar refractivity (Wildman–Crippen MR) is 79.5 cm³/mol. The van der Waals surface area contributed by atoms with Gasteiger partial charge in [0.1, 0.15) is 6.54 Å². The van der Waals surface area contributed by atoms with Gasteiger partial charge in [0.15, 0.2) is 0 Å². The van der Waals surface area contributed by atoms with Crippen molar-refractivity contribution in [3.8, 4) is 0 Å². The van der Waals surface area contributed by atoms with Crippen molar-refractivity contribution in [3.63, 3.8) is 0 Å². The molecule has 5 nitrogen and oxygen atoms in total. The first kappa shape index (κ1) is 13.7. The Morgan fingerprint density at radius 2 is 2.05 bits per heavy atom. The lowest BCUT2D eigenvalue weighted by Gasteiger charge is -2.07. The zero-order valence-corrected chi connectivity index (χ0v) is 12.2. The van der Waals surface area contributed by atoms with Gasteiger partial charge in [-0.25, -0.2) is 4.98 Å². The number of aromatic nitrogens is 2.